The van der Waals surface area contributed by atoms with Gasteiger partial charge in [-0.1, -0.05) is 41.4 Å². The van der Waals surface area contributed by atoms with Crippen molar-refractivity contribution in [3.63, 3.8) is 0 Å². The zero-order valence-corrected chi connectivity index (χ0v) is 15.5. The van der Waals surface area contributed by atoms with Gasteiger partial charge in [-0.2, -0.15) is 0 Å². The maximum absolute atomic E-state index is 11.9. The summed E-state index contributed by atoms with van der Waals surface area (Å²) >= 11 is 5.99. The Morgan fingerprint density at radius 3 is 2.42 bits per heavy atom. The van der Waals surface area contributed by atoms with Crippen molar-refractivity contribution in [3.8, 4) is 5.75 Å². The minimum Gasteiger partial charge on any atom is -0.492 e. The number of aryl methyl sites for hydroxylation is 1. The van der Waals surface area contributed by atoms with Gasteiger partial charge in [0.25, 0.3) is 5.91 Å². The van der Waals surface area contributed by atoms with Crippen LogP contribution in [0.25, 0.3) is 0 Å². The average Bonchev–Trinajstić information content (AvgIpc) is 2.64. The summed E-state index contributed by atoms with van der Waals surface area (Å²) in [5, 5.41) is 6.11. The molecule has 2 aromatic carbocycles. The van der Waals surface area contributed by atoms with E-state index in [9.17, 15) is 9.59 Å². The molecule has 0 saturated heterocycles. The van der Waals surface area contributed by atoms with E-state index in [1.165, 1.54) is 0 Å². The second-order valence-corrected chi connectivity index (χ2v) is 6.26. The van der Waals surface area contributed by atoms with Gasteiger partial charge in [-0.05, 0) is 37.6 Å². The van der Waals surface area contributed by atoms with Crippen molar-refractivity contribution in [3.05, 3.63) is 64.7 Å². The molecule has 2 aromatic rings. The number of para-hydroxylation sites is 1. The fourth-order valence-electron chi connectivity index (χ4n) is 2.25. The first-order valence-corrected chi connectivity index (χ1v) is 8.93. The molecule has 0 aromatic heterocycles. The molecule has 0 spiro atoms. The Balaban J connectivity index is 1.55. The first-order chi connectivity index (χ1) is 12.6. The third-order valence-corrected chi connectivity index (χ3v) is 4.00. The molecule has 0 aliphatic heterocycles. The van der Waals surface area contributed by atoms with Crippen molar-refractivity contribution in [2.24, 2.45) is 0 Å². The van der Waals surface area contributed by atoms with Crippen LogP contribution in [0.5, 0.6) is 5.75 Å². The molecule has 2 amide bonds. The van der Waals surface area contributed by atoms with Crippen LogP contribution in [0, 0.1) is 6.92 Å². The summed E-state index contributed by atoms with van der Waals surface area (Å²) in [6.07, 6.45) is 0.948. The number of carbonyl (C=O) groups excluding carboxylic acids is 2. The van der Waals surface area contributed by atoms with Gasteiger partial charge in [0.15, 0.2) is 0 Å². The van der Waals surface area contributed by atoms with Crippen molar-refractivity contribution in [2.75, 3.05) is 19.7 Å². The number of rotatable bonds is 9. The van der Waals surface area contributed by atoms with Gasteiger partial charge < -0.3 is 15.4 Å². The first-order valence-electron chi connectivity index (χ1n) is 8.55. The number of ether oxygens (including phenoxy) is 1. The lowest BCUT2D eigenvalue weighted by Crippen LogP contribution is -2.34. The number of hydrogen-bond acceptors (Lipinski definition) is 3. The Bertz CT molecular complexity index is 732. The van der Waals surface area contributed by atoms with Crippen LogP contribution < -0.4 is 15.4 Å². The van der Waals surface area contributed by atoms with Crippen LogP contribution in [-0.2, 0) is 4.79 Å². The van der Waals surface area contributed by atoms with Crippen molar-refractivity contribution < 1.29 is 14.3 Å². The molecule has 5 nitrogen and oxygen atoms in total. The molecule has 0 aliphatic carbocycles. The zero-order valence-electron chi connectivity index (χ0n) is 14.8. The van der Waals surface area contributed by atoms with Crippen molar-refractivity contribution in [1.82, 2.24) is 10.6 Å². The van der Waals surface area contributed by atoms with Crippen LogP contribution in [0.3, 0.4) is 0 Å². The molecule has 26 heavy (non-hydrogen) atoms. The van der Waals surface area contributed by atoms with Crippen LogP contribution in [-0.4, -0.2) is 31.5 Å². The quantitative estimate of drug-likeness (QED) is 0.661. The topological polar surface area (TPSA) is 67.4 Å². The number of halogens is 1. The Labute approximate surface area is 158 Å². The molecular weight excluding hydrogens is 352 g/mol. The van der Waals surface area contributed by atoms with Crippen molar-refractivity contribution >= 4 is 23.4 Å². The van der Waals surface area contributed by atoms with E-state index >= 15 is 0 Å². The molecule has 138 valence electrons. The predicted octanol–water partition coefficient (Wildman–Crippen LogP) is 3.35. The van der Waals surface area contributed by atoms with Crippen LogP contribution in [0.1, 0.15) is 28.8 Å². The van der Waals surface area contributed by atoms with E-state index in [2.05, 4.69) is 10.6 Å². The zero-order chi connectivity index (χ0) is 18.8. The molecule has 0 fully saturated rings. The molecule has 0 saturated carbocycles. The maximum atomic E-state index is 11.9. The second kappa shape index (κ2) is 10.5. The summed E-state index contributed by atoms with van der Waals surface area (Å²) in [5.74, 6) is 0.401. The molecule has 2 N–H and O–H groups in total. The highest BCUT2D eigenvalue weighted by atomic mass is 35.5. The summed E-state index contributed by atoms with van der Waals surface area (Å²) in [7, 11) is 0. The van der Waals surface area contributed by atoms with E-state index in [-0.39, 0.29) is 11.8 Å². The van der Waals surface area contributed by atoms with Crippen LogP contribution >= 0.6 is 11.6 Å². The van der Waals surface area contributed by atoms with Gasteiger partial charge in [-0.15, -0.1) is 0 Å². The Kier molecular flexibility index (Phi) is 7.96. The summed E-state index contributed by atoms with van der Waals surface area (Å²) in [5.41, 5.74) is 1.71. The lowest BCUT2D eigenvalue weighted by molar-refractivity contribution is -0.121. The Morgan fingerprint density at radius 1 is 1.00 bits per heavy atom. The highest BCUT2D eigenvalue weighted by Crippen LogP contribution is 2.23. The van der Waals surface area contributed by atoms with Gasteiger partial charge >= 0.3 is 0 Å². The fraction of sp³-hybridized carbons (Fsp3) is 0.300. The minimum atomic E-state index is -0.146. The fourth-order valence-corrected chi connectivity index (χ4v) is 2.44. The van der Waals surface area contributed by atoms with E-state index in [1.807, 2.05) is 31.2 Å². The van der Waals surface area contributed by atoms with Crippen molar-refractivity contribution in [2.45, 2.75) is 19.8 Å². The molecule has 2 rings (SSSR count). The van der Waals surface area contributed by atoms with Crippen LogP contribution in [0.2, 0.25) is 5.02 Å². The Hall–Kier alpha value is -2.53. The van der Waals surface area contributed by atoms with E-state index < -0.39 is 0 Å². The van der Waals surface area contributed by atoms with Gasteiger partial charge in [-0.25, -0.2) is 0 Å². The summed E-state index contributed by atoms with van der Waals surface area (Å²) in [6.45, 7) is 3.16. The predicted molar refractivity (Wildman–Crippen MR) is 103 cm³/mol. The molecule has 0 bridgehead atoms. The smallest absolute Gasteiger partial charge is 0.251 e. The van der Waals surface area contributed by atoms with Gasteiger partial charge in [0.05, 0.1) is 11.6 Å². The highest BCUT2D eigenvalue weighted by Gasteiger charge is 2.05. The summed E-state index contributed by atoms with van der Waals surface area (Å²) in [4.78, 5) is 23.7. The number of nitrogens with one attached hydrogen (secondary N) is 2. The number of amides is 2. The summed E-state index contributed by atoms with van der Waals surface area (Å²) in [6, 6.07) is 14.6. The second-order valence-electron chi connectivity index (χ2n) is 5.85. The van der Waals surface area contributed by atoms with E-state index in [1.54, 1.807) is 24.3 Å². The SMILES string of the molecule is Cc1ccc(C(=O)NCCNC(=O)CCCOc2ccccc2Cl)cc1. The van der Waals surface area contributed by atoms with E-state index in [0.29, 0.717) is 48.9 Å². The first kappa shape index (κ1) is 19.8. The molecular formula is C20H23ClN2O3. The van der Waals surface area contributed by atoms with E-state index in [0.717, 1.165) is 5.56 Å². The van der Waals surface area contributed by atoms with Crippen molar-refractivity contribution in [1.29, 1.82) is 0 Å². The molecule has 0 unspecified atom stereocenters. The van der Waals surface area contributed by atoms with Gasteiger partial charge in [-0.3, -0.25) is 9.59 Å². The van der Waals surface area contributed by atoms with Crippen LogP contribution in [0.15, 0.2) is 48.5 Å². The molecule has 6 heteroatoms. The molecule has 0 heterocycles. The van der Waals surface area contributed by atoms with Crippen LogP contribution in [0.4, 0.5) is 0 Å². The molecule has 0 radical (unpaired) electrons. The highest BCUT2D eigenvalue weighted by molar-refractivity contribution is 6.32. The Morgan fingerprint density at radius 2 is 1.69 bits per heavy atom. The number of benzene rings is 2. The molecule has 0 atom stereocenters. The lowest BCUT2D eigenvalue weighted by Gasteiger charge is -2.09. The van der Waals surface area contributed by atoms with Gasteiger partial charge in [0, 0.05) is 25.1 Å². The van der Waals surface area contributed by atoms with E-state index in [4.69, 9.17) is 16.3 Å². The van der Waals surface area contributed by atoms with Gasteiger partial charge in [0.2, 0.25) is 5.91 Å². The third kappa shape index (κ3) is 6.76. The third-order valence-electron chi connectivity index (χ3n) is 3.69. The number of carbonyl (C=O) groups is 2. The summed E-state index contributed by atoms with van der Waals surface area (Å²) < 4.78 is 5.53. The maximum Gasteiger partial charge on any atom is 0.251 e. The number of hydrogen-bond donors (Lipinski definition) is 2. The lowest BCUT2D eigenvalue weighted by atomic mass is 10.1. The standard InChI is InChI=1S/C20H23ClN2O3/c1-15-8-10-16(11-9-15)20(25)23-13-12-22-19(24)7-4-14-26-18-6-3-2-5-17(18)21/h2-3,5-6,8-11H,4,7,12-14H2,1H3,(H,22,24)(H,23,25). The largest absolute Gasteiger partial charge is 0.492 e. The minimum absolute atomic E-state index is 0.0719. The molecule has 0 aliphatic rings. The average molecular weight is 375 g/mol. The normalized spacial score (nSPS) is 10.2. The van der Waals surface area contributed by atoms with Gasteiger partial charge in [0.1, 0.15) is 5.75 Å². The monoisotopic (exact) mass is 374 g/mol.